The Morgan fingerprint density at radius 1 is 1.40 bits per heavy atom. The van der Waals surface area contributed by atoms with Crippen LogP contribution in [0.5, 0.6) is 0 Å². The molecule has 0 heterocycles. The van der Waals surface area contributed by atoms with Gasteiger partial charge in [0.25, 0.3) is 0 Å². The third-order valence-corrected chi connectivity index (χ3v) is 1.50. The molecule has 0 aromatic rings. The molecule has 0 rings (SSSR count). The SMILES string of the molecule is C[CH-]CCN(C)CC[N-]C. The molecule has 0 fully saturated rings. The van der Waals surface area contributed by atoms with Crippen molar-refractivity contribution >= 4 is 0 Å². The minimum atomic E-state index is 0.959. The fourth-order valence-corrected chi connectivity index (χ4v) is 0.732. The van der Waals surface area contributed by atoms with Crippen LogP contribution in [0.2, 0.25) is 0 Å². The van der Waals surface area contributed by atoms with Crippen LogP contribution >= 0.6 is 0 Å². The second-order valence-electron chi connectivity index (χ2n) is 2.54. The molecule has 0 aliphatic heterocycles. The number of nitrogens with zero attached hydrogens (tertiary/aromatic N) is 2. The molecule has 0 aromatic heterocycles. The summed E-state index contributed by atoms with van der Waals surface area (Å²) in [4.78, 5) is 2.30. The zero-order valence-corrected chi connectivity index (χ0v) is 7.30. The van der Waals surface area contributed by atoms with Crippen molar-refractivity contribution in [3.05, 3.63) is 11.7 Å². The average molecular weight is 142 g/mol. The van der Waals surface area contributed by atoms with E-state index in [9.17, 15) is 0 Å². The van der Waals surface area contributed by atoms with E-state index in [-0.39, 0.29) is 0 Å². The van der Waals surface area contributed by atoms with E-state index < -0.39 is 0 Å². The summed E-state index contributed by atoms with van der Waals surface area (Å²) < 4.78 is 0. The molecule has 0 spiro atoms. The van der Waals surface area contributed by atoms with E-state index in [0.29, 0.717) is 0 Å². The van der Waals surface area contributed by atoms with Gasteiger partial charge in [-0.25, -0.2) is 0 Å². The summed E-state index contributed by atoms with van der Waals surface area (Å²) in [5.41, 5.74) is 0. The van der Waals surface area contributed by atoms with Crippen molar-refractivity contribution in [3.63, 3.8) is 0 Å². The Kier molecular flexibility index (Phi) is 6.98. The van der Waals surface area contributed by atoms with Gasteiger partial charge < -0.3 is 16.6 Å². The largest absolute Gasteiger partial charge is 0.664 e. The molecule has 0 aromatic carbocycles. The van der Waals surface area contributed by atoms with Gasteiger partial charge in [-0.15, -0.1) is 6.54 Å². The Morgan fingerprint density at radius 2 is 2.10 bits per heavy atom. The lowest BCUT2D eigenvalue weighted by molar-refractivity contribution is 0.352. The standard InChI is InChI=1S/C8H18N2/c1-4-5-7-10(3)8-6-9-2/h4H,5-8H2,1-3H3/q-2. The van der Waals surface area contributed by atoms with Crippen LogP contribution in [-0.2, 0) is 0 Å². The van der Waals surface area contributed by atoms with Crippen molar-refractivity contribution < 1.29 is 0 Å². The van der Waals surface area contributed by atoms with E-state index in [1.807, 2.05) is 7.05 Å². The Morgan fingerprint density at radius 3 is 2.60 bits per heavy atom. The van der Waals surface area contributed by atoms with Gasteiger partial charge in [0.2, 0.25) is 0 Å². The Hall–Kier alpha value is -0.0800. The second-order valence-corrected chi connectivity index (χ2v) is 2.54. The smallest absolute Gasteiger partial charge is 0.0136 e. The van der Waals surface area contributed by atoms with Crippen molar-refractivity contribution in [1.82, 2.24) is 4.90 Å². The normalized spacial score (nSPS) is 10.8. The Labute approximate surface area is 64.6 Å². The fraction of sp³-hybridized carbons (Fsp3) is 0.875. The topological polar surface area (TPSA) is 17.3 Å². The third-order valence-electron chi connectivity index (χ3n) is 1.50. The van der Waals surface area contributed by atoms with Crippen LogP contribution in [0.1, 0.15) is 13.3 Å². The molecule has 0 saturated carbocycles. The van der Waals surface area contributed by atoms with Gasteiger partial charge in [-0.2, -0.15) is 20.4 Å². The van der Waals surface area contributed by atoms with Crippen molar-refractivity contribution in [2.45, 2.75) is 13.3 Å². The maximum atomic E-state index is 4.03. The summed E-state index contributed by atoms with van der Waals surface area (Å²) >= 11 is 0. The quantitative estimate of drug-likeness (QED) is 0.514. The molecule has 0 N–H and O–H groups in total. The highest BCUT2D eigenvalue weighted by Crippen LogP contribution is 1.90. The molecule has 10 heavy (non-hydrogen) atoms. The summed E-state index contributed by atoms with van der Waals surface area (Å²) in [5, 5.41) is 4.03. The third kappa shape index (κ3) is 6.05. The summed E-state index contributed by atoms with van der Waals surface area (Å²) in [6.07, 6.45) is 3.37. The molecule has 0 atom stereocenters. The number of likely N-dealkylation sites (N-methyl/N-ethyl adjacent to an activating group) is 2. The van der Waals surface area contributed by atoms with Crippen molar-refractivity contribution in [2.75, 3.05) is 33.7 Å². The van der Waals surface area contributed by atoms with Gasteiger partial charge in [0.05, 0.1) is 0 Å². The number of hydrogen-bond donors (Lipinski definition) is 0. The lowest BCUT2D eigenvalue weighted by Crippen LogP contribution is -2.22. The highest BCUT2D eigenvalue weighted by molar-refractivity contribution is 4.72. The van der Waals surface area contributed by atoms with Crippen LogP contribution in [0, 0.1) is 6.42 Å². The van der Waals surface area contributed by atoms with Gasteiger partial charge in [0, 0.05) is 0 Å². The maximum absolute atomic E-state index is 4.03. The van der Waals surface area contributed by atoms with E-state index in [1.165, 1.54) is 6.42 Å². The molecule has 62 valence electrons. The van der Waals surface area contributed by atoms with Gasteiger partial charge in [0.1, 0.15) is 0 Å². The van der Waals surface area contributed by atoms with Gasteiger partial charge in [-0.1, -0.05) is 0 Å². The highest BCUT2D eigenvalue weighted by Gasteiger charge is 1.87. The molecule has 2 heteroatoms. The zero-order valence-electron chi connectivity index (χ0n) is 7.30. The highest BCUT2D eigenvalue weighted by atomic mass is 15.1. The van der Waals surface area contributed by atoms with Crippen LogP contribution in [0.3, 0.4) is 0 Å². The van der Waals surface area contributed by atoms with Crippen LogP contribution < -0.4 is 0 Å². The molecular formula is C8H18N2-2. The first-order chi connectivity index (χ1) is 4.81. The van der Waals surface area contributed by atoms with Gasteiger partial charge in [0.15, 0.2) is 0 Å². The predicted molar refractivity (Wildman–Crippen MR) is 46.2 cm³/mol. The summed E-state index contributed by atoms with van der Waals surface area (Å²) in [7, 11) is 3.99. The minimum absolute atomic E-state index is 0.959. The zero-order chi connectivity index (χ0) is 7.82. The predicted octanol–water partition coefficient (Wildman–Crippen LogP) is 1.54. The fourth-order valence-electron chi connectivity index (χ4n) is 0.732. The molecule has 0 bridgehead atoms. The molecule has 0 amide bonds. The van der Waals surface area contributed by atoms with Gasteiger partial charge >= 0.3 is 0 Å². The van der Waals surface area contributed by atoms with Crippen molar-refractivity contribution in [2.24, 2.45) is 0 Å². The van der Waals surface area contributed by atoms with Crippen LogP contribution in [0.4, 0.5) is 0 Å². The molecular weight excluding hydrogens is 124 g/mol. The maximum Gasteiger partial charge on any atom is -0.0136 e. The summed E-state index contributed by atoms with van der Waals surface area (Å²) in [6, 6.07) is 0. The monoisotopic (exact) mass is 142 g/mol. The van der Waals surface area contributed by atoms with Crippen molar-refractivity contribution in [1.29, 1.82) is 0 Å². The number of rotatable bonds is 6. The van der Waals surface area contributed by atoms with Gasteiger partial charge in [-0.05, 0) is 20.1 Å². The minimum Gasteiger partial charge on any atom is -0.664 e. The van der Waals surface area contributed by atoms with Crippen LogP contribution in [0.25, 0.3) is 5.32 Å². The second kappa shape index (κ2) is 7.03. The molecule has 0 saturated heterocycles. The lowest BCUT2D eigenvalue weighted by Gasteiger charge is -2.22. The molecule has 0 radical (unpaired) electrons. The van der Waals surface area contributed by atoms with Crippen LogP contribution in [0.15, 0.2) is 0 Å². The summed E-state index contributed by atoms with van der Waals surface area (Å²) in [6.45, 7) is 5.30. The first kappa shape index (κ1) is 9.92. The van der Waals surface area contributed by atoms with E-state index in [4.69, 9.17) is 0 Å². The lowest BCUT2D eigenvalue weighted by atomic mass is 10.3. The molecule has 0 aliphatic rings. The Balaban J connectivity index is 3.00. The summed E-state index contributed by atoms with van der Waals surface area (Å²) in [5.74, 6) is 0. The first-order valence-corrected chi connectivity index (χ1v) is 3.83. The van der Waals surface area contributed by atoms with E-state index in [0.717, 1.165) is 19.6 Å². The van der Waals surface area contributed by atoms with E-state index in [2.05, 4.69) is 30.6 Å². The van der Waals surface area contributed by atoms with Crippen LogP contribution in [-0.4, -0.2) is 38.6 Å². The van der Waals surface area contributed by atoms with Crippen molar-refractivity contribution in [3.8, 4) is 0 Å². The molecule has 0 aliphatic carbocycles. The first-order valence-electron chi connectivity index (χ1n) is 3.83. The van der Waals surface area contributed by atoms with E-state index >= 15 is 0 Å². The number of unbranched alkanes of at least 4 members (excludes halogenated alkanes) is 1. The van der Waals surface area contributed by atoms with E-state index in [1.54, 1.807) is 0 Å². The molecule has 2 nitrogen and oxygen atoms in total. The Bertz CT molecular complexity index is 56.3. The van der Waals surface area contributed by atoms with Gasteiger partial charge in [-0.3, -0.25) is 0 Å². The average Bonchev–Trinajstić information content (AvgIpc) is 1.97. The number of hydrogen-bond acceptors (Lipinski definition) is 1. The molecule has 0 unspecified atom stereocenters.